The topological polar surface area (TPSA) is 48.5 Å². The summed E-state index contributed by atoms with van der Waals surface area (Å²) < 4.78 is 0. The highest BCUT2D eigenvalue weighted by atomic mass is 16.1. The third-order valence-corrected chi connectivity index (χ3v) is 5.61. The summed E-state index contributed by atoms with van der Waals surface area (Å²) in [5.74, 6) is 0.854. The zero-order chi connectivity index (χ0) is 17.5. The molecule has 1 amide bonds. The van der Waals surface area contributed by atoms with Crippen LogP contribution in [0.1, 0.15) is 61.7 Å². The maximum atomic E-state index is 12.6. The first-order valence-electron chi connectivity index (χ1n) is 9.94. The van der Waals surface area contributed by atoms with Crippen LogP contribution in [-0.2, 0) is 0 Å². The lowest BCUT2D eigenvalue weighted by molar-refractivity contribution is 0.0950. The molecule has 25 heavy (non-hydrogen) atoms. The maximum absolute atomic E-state index is 12.6. The van der Waals surface area contributed by atoms with Crippen LogP contribution in [0.25, 0.3) is 0 Å². The van der Waals surface area contributed by atoms with Gasteiger partial charge in [-0.3, -0.25) is 4.79 Å². The molecule has 0 bridgehead atoms. The molecule has 1 N–H and O–H groups in total. The number of anilines is 1. The number of amides is 1. The van der Waals surface area contributed by atoms with Crippen molar-refractivity contribution < 1.29 is 4.79 Å². The molecule has 5 nitrogen and oxygen atoms in total. The molecule has 1 saturated carbocycles. The number of carbonyl (C=O) groups excluding carboxylic acids is 1. The van der Waals surface area contributed by atoms with Gasteiger partial charge in [0, 0.05) is 31.9 Å². The largest absolute Gasteiger partial charge is 0.356 e. The molecule has 3 rings (SSSR count). The van der Waals surface area contributed by atoms with Crippen LogP contribution >= 0.6 is 0 Å². The summed E-state index contributed by atoms with van der Waals surface area (Å²) in [4.78, 5) is 21.7. The molecule has 0 unspecified atom stereocenters. The highest BCUT2D eigenvalue weighted by Crippen LogP contribution is 2.22. The quantitative estimate of drug-likeness (QED) is 0.772. The van der Waals surface area contributed by atoms with Crippen molar-refractivity contribution in [3.05, 3.63) is 23.9 Å². The molecule has 1 aromatic rings. The van der Waals surface area contributed by atoms with E-state index in [9.17, 15) is 4.79 Å². The Morgan fingerprint density at radius 2 is 2.00 bits per heavy atom. The average molecular weight is 345 g/mol. The average Bonchev–Trinajstić information content (AvgIpc) is 3.20. The number of rotatable bonds is 7. The van der Waals surface area contributed by atoms with Crippen LogP contribution in [0.3, 0.4) is 0 Å². The van der Waals surface area contributed by atoms with Gasteiger partial charge in [-0.2, -0.15) is 0 Å². The van der Waals surface area contributed by atoms with E-state index in [1.165, 1.54) is 44.9 Å². The number of aromatic nitrogens is 1. The van der Waals surface area contributed by atoms with Gasteiger partial charge >= 0.3 is 0 Å². The summed E-state index contributed by atoms with van der Waals surface area (Å²) in [6.07, 6.45) is 11.9. The lowest BCUT2D eigenvalue weighted by atomic mass is 9.94. The minimum atomic E-state index is 0.00956. The Bertz CT molecular complexity index is 550. The molecule has 2 aliphatic rings. The molecule has 2 heterocycles. The van der Waals surface area contributed by atoms with Crippen molar-refractivity contribution in [3.8, 4) is 0 Å². The van der Waals surface area contributed by atoms with E-state index < -0.39 is 0 Å². The summed E-state index contributed by atoms with van der Waals surface area (Å²) in [5, 5.41) is 3.09. The number of carbonyl (C=O) groups is 1. The molecule has 1 saturated heterocycles. The molecule has 0 aromatic carbocycles. The summed E-state index contributed by atoms with van der Waals surface area (Å²) >= 11 is 0. The van der Waals surface area contributed by atoms with Gasteiger partial charge in [-0.15, -0.1) is 0 Å². The van der Waals surface area contributed by atoms with Gasteiger partial charge in [0.25, 0.3) is 5.91 Å². The Balaban J connectivity index is 1.45. The van der Waals surface area contributed by atoms with Gasteiger partial charge in [-0.1, -0.05) is 19.3 Å². The van der Waals surface area contributed by atoms with Crippen molar-refractivity contribution in [2.24, 2.45) is 0 Å². The molecule has 1 aromatic heterocycles. The second kappa shape index (κ2) is 9.18. The number of hydrogen-bond acceptors (Lipinski definition) is 4. The Hall–Kier alpha value is -1.62. The number of pyridine rings is 1. The predicted octanol–water partition coefficient (Wildman–Crippen LogP) is 3.07. The molecule has 0 radical (unpaired) electrons. The van der Waals surface area contributed by atoms with Crippen molar-refractivity contribution in [2.75, 3.05) is 38.1 Å². The summed E-state index contributed by atoms with van der Waals surface area (Å²) in [6.45, 7) is 3.79. The second-order valence-electron chi connectivity index (χ2n) is 7.45. The first kappa shape index (κ1) is 18.2. The minimum absolute atomic E-state index is 0.00956. The second-order valence-corrected chi connectivity index (χ2v) is 7.45. The first-order chi connectivity index (χ1) is 12.3. The fourth-order valence-electron chi connectivity index (χ4n) is 4.09. The molecular weight excluding hydrogens is 312 g/mol. The van der Waals surface area contributed by atoms with Gasteiger partial charge in [0.2, 0.25) is 0 Å². The number of hydrogen-bond donors (Lipinski definition) is 1. The number of nitrogens with zero attached hydrogens (tertiary/aromatic N) is 3. The third kappa shape index (κ3) is 4.94. The van der Waals surface area contributed by atoms with Gasteiger partial charge in [-0.05, 0) is 57.8 Å². The van der Waals surface area contributed by atoms with Crippen LogP contribution in [0.2, 0.25) is 0 Å². The minimum Gasteiger partial charge on any atom is -0.356 e. The van der Waals surface area contributed by atoms with Crippen molar-refractivity contribution in [1.82, 2.24) is 15.2 Å². The van der Waals surface area contributed by atoms with Crippen LogP contribution in [-0.4, -0.2) is 55.1 Å². The first-order valence-corrected chi connectivity index (χ1v) is 9.94. The molecule has 1 aliphatic heterocycles. The predicted molar refractivity (Wildman–Crippen MR) is 102 cm³/mol. The van der Waals surface area contributed by atoms with Gasteiger partial charge < -0.3 is 15.1 Å². The zero-order valence-electron chi connectivity index (χ0n) is 15.5. The Kier molecular flexibility index (Phi) is 6.68. The van der Waals surface area contributed by atoms with E-state index in [1.54, 1.807) is 6.20 Å². The van der Waals surface area contributed by atoms with Crippen LogP contribution in [0.4, 0.5) is 5.82 Å². The lowest BCUT2D eigenvalue weighted by Crippen LogP contribution is -2.36. The van der Waals surface area contributed by atoms with Crippen LogP contribution in [0, 0.1) is 0 Å². The summed E-state index contributed by atoms with van der Waals surface area (Å²) in [6, 6.07) is 4.49. The van der Waals surface area contributed by atoms with Crippen molar-refractivity contribution in [3.63, 3.8) is 0 Å². The maximum Gasteiger partial charge on any atom is 0.255 e. The van der Waals surface area contributed by atoms with Crippen LogP contribution < -0.4 is 10.2 Å². The van der Waals surface area contributed by atoms with Gasteiger partial charge in [0.1, 0.15) is 5.82 Å². The zero-order valence-corrected chi connectivity index (χ0v) is 15.5. The van der Waals surface area contributed by atoms with Crippen molar-refractivity contribution in [1.29, 1.82) is 0 Å². The van der Waals surface area contributed by atoms with Gasteiger partial charge in [0.05, 0.1) is 5.56 Å². The monoisotopic (exact) mass is 344 g/mol. The molecule has 5 heteroatoms. The van der Waals surface area contributed by atoms with E-state index >= 15 is 0 Å². The fraction of sp³-hybridized carbons (Fsp3) is 0.700. The number of nitrogens with one attached hydrogen (secondary N) is 1. The van der Waals surface area contributed by atoms with Crippen LogP contribution in [0.15, 0.2) is 18.3 Å². The Morgan fingerprint density at radius 3 is 2.76 bits per heavy atom. The van der Waals surface area contributed by atoms with Crippen LogP contribution in [0.5, 0.6) is 0 Å². The van der Waals surface area contributed by atoms with Crippen molar-refractivity contribution in [2.45, 2.75) is 57.4 Å². The Morgan fingerprint density at radius 1 is 1.24 bits per heavy atom. The SMILES string of the molecule is CN(CCCNC(=O)c1cccnc1N1CCCC1)C1CCCCC1. The van der Waals surface area contributed by atoms with E-state index in [-0.39, 0.29) is 5.91 Å². The molecule has 0 spiro atoms. The molecule has 138 valence electrons. The smallest absolute Gasteiger partial charge is 0.255 e. The molecule has 1 aliphatic carbocycles. The Labute approximate surface area is 151 Å². The van der Waals surface area contributed by atoms with Gasteiger partial charge in [-0.25, -0.2) is 4.98 Å². The summed E-state index contributed by atoms with van der Waals surface area (Å²) in [7, 11) is 2.23. The van der Waals surface area contributed by atoms with E-state index in [1.807, 2.05) is 12.1 Å². The van der Waals surface area contributed by atoms with E-state index in [2.05, 4.69) is 27.1 Å². The molecule has 2 fully saturated rings. The van der Waals surface area contributed by atoms with Gasteiger partial charge in [0.15, 0.2) is 0 Å². The molecule has 0 atom stereocenters. The van der Waals surface area contributed by atoms with E-state index in [0.717, 1.165) is 44.5 Å². The fourth-order valence-corrected chi connectivity index (χ4v) is 4.09. The highest BCUT2D eigenvalue weighted by molar-refractivity contribution is 5.98. The third-order valence-electron chi connectivity index (χ3n) is 5.61. The summed E-state index contributed by atoms with van der Waals surface area (Å²) in [5.41, 5.74) is 0.713. The standard InChI is InChI=1S/C20H32N4O/c1-23(17-9-3-2-4-10-17)14-8-13-22-20(25)18-11-7-12-21-19(18)24-15-5-6-16-24/h7,11-12,17H,2-6,8-10,13-16H2,1H3,(H,22,25). The molecular formula is C20H32N4O. The normalized spacial score (nSPS) is 18.7. The van der Waals surface area contributed by atoms with E-state index in [0.29, 0.717) is 5.56 Å². The van der Waals surface area contributed by atoms with Crippen molar-refractivity contribution >= 4 is 11.7 Å². The highest BCUT2D eigenvalue weighted by Gasteiger charge is 2.21. The van der Waals surface area contributed by atoms with E-state index in [4.69, 9.17) is 0 Å². The lowest BCUT2D eigenvalue weighted by Gasteiger charge is -2.31.